The molecule has 0 saturated carbocycles. The van der Waals surface area contributed by atoms with Crippen LogP contribution >= 0.6 is 11.8 Å². The molecule has 0 aliphatic rings. The number of benzene rings is 2. The summed E-state index contributed by atoms with van der Waals surface area (Å²) in [5.74, 6) is 0.839. The van der Waals surface area contributed by atoms with Crippen molar-refractivity contribution >= 4 is 21.6 Å². The second-order valence-corrected chi connectivity index (χ2v) is 8.40. The fraction of sp³-hybridized carbons (Fsp3) is 0.250. The molecule has 0 aliphatic carbocycles. The molecule has 2 aromatic carbocycles. The zero-order valence-corrected chi connectivity index (χ0v) is 13.2. The largest absolute Gasteiger partial charge is 0.223 e. The van der Waals surface area contributed by atoms with E-state index in [4.69, 9.17) is 0 Å². The van der Waals surface area contributed by atoms with Gasteiger partial charge < -0.3 is 0 Å². The molecule has 0 fully saturated rings. The van der Waals surface area contributed by atoms with Crippen molar-refractivity contribution in [3.8, 4) is 0 Å². The van der Waals surface area contributed by atoms with Crippen molar-refractivity contribution in [3.63, 3.8) is 0 Å². The Morgan fingerprint density at radius 2 is 1.70 bits per heavy atom. The number of sulfone groups is 1. The quantitative estimate of drug-likeness (QED) is 0.778. The van der Waals surface area contributed by atoms with Crippen LogP contribution in [0.4, 0.5) is 0 Å². The summed E-state index contributed by atoms with van der Waals surface area (Å²) in [5, 5.41) is -0.392. The normalized spacial score (nSPS) is 11.8. The van der Waals surface area contributed by atoms with Gasteiger partial charge in [-0.15, -0.1) is 11.8 Å². The second kappa shape index (κ2) is 6.46. The van der Waals surface area contributed by atoms with Crippen LogP contribution in [-0.2, 0) is 15.6 Å². The van der Waals surface area contributed by atoms with Crippen molar-refractivity contribution in [2.75, 3.05) is 0 Å². The van der Waals surface area contributed by atoms with Crippen LogP contribution in [0.15, 0.2) is 64.4 Å². The molecular weight excluding hydrogens is 288 g/mol. The van der Waals surface area contributed by atoms with Crippen molar-refractivity contribution in [2.24, 2.45) is 0 Å². The van der Waals surface area contributed by atoms with Crippen molar-refractivity contribution in [1.82, 2.24) is 0 Å². The van der Waals surface area contributed by atoms with Gasteiger partial charge in [0.05, 0.1) is 10.1 Å². The molecule has 4 heteroatoms. The van der Waals surface area contributed by atoms with Crippen LogP contribution in [0, 0.1) is 0 Å². The Morgan fingerprint density at radius 1 is 1.00 bits per heavy atom. The Hall–Kier alpha value is -1.26. The number of rotatable bonds is 5. The summed E-state index contributed by atoms with van der Waals surface area (Å²) in [4.78, 5) is 1.39. The summed E-state index contributed by atoms with van der Waals surface area (Å²) in [6.07, 6.45) is 0. The molecule has 2 nitrogen and oxygen atoms in total. The van der Waals surface area contributed by atoms with Crippen molar-refractivity contribution in [2.45, 2.75) is 34.6 Å². The molecule has 0 spiro atoms. The first kappa shape index (κ1) is 15.1. The van der Waals surface area contributed by atoms with Gasteiger partial charge >= 0.3 is 0 Å². The van der Waals surface area contributed by atoms with Gasteiger partial charge in [0.2, 0.25) is 0 Å². The summed E-state index contributed by atoms with van der Waals surface area (Å²) in [6.45, 7) is 3.41. The molecule has 0 radical (unpaired) electrons. The van der Waals surface area contributed by atoms with E-state index in [-0.39, 0.29) is 0 Å². The fourth-order valence-electron chi connectivity index (χ4n) is 1.75. The molecule has 0 aliphatic heterocycles. The first-order chi connectivity index (χ1) is 9.50. The van der Waals surface area contributed by atoms with Gasteiger partial charge in [-0.25, -0.2) is 8.42 Å². The highest BCUT2D eigenvalue weighted by atomic mass is 32.2. The van der Waals surface area contributed by atoms with E-state index in [1.165, 1.54) is 5.56 Å². The van der Waals surface area contributed by atoms with E-state index in [9.17, 15) is 8.42 Å². The maximum absolute atomic E-state index is 12.1. The third-order valence-electron chi connectivity index (χ3n) is 3.00. The van der Waals surface area contributed by atoms with Gasteiger partial charge in [-0.3, -0.25) is 0 Å². The van der Waals surface area contributed by atoms with Gasteiger partial charge in [-0.1, -0.05) is 36.4 Å². The SMILES string of the molecule is CC(C)S(=O)(=O)c1cccc(SCc2ccccc2)c1. The minimum Gasteiger partial charge on any atom is -0.223 e. The van der Waals surface area contributed by atoms with Crippen molar-refractivity contribution in [1.29, 1.82) is 0 Å². The summed E-state index contributed by atoms with van der Waals surface area (Å²) in [6, 6.07) is 17.3. The van der Waals surface area contributed by atoms with Crippen molar-refractivity contribution < 1.29 is 8.42 Å². The van der Waals surface area contributed by atoms with Gasteiger partial charge in [-0.05, 0) is 37.6 Å². The van der Waals surface area contributed by atoms with Gasteiger partial charge in [0.1, 0.15) is 0 Å². The van der Waals surface area contributed by atoms with Crippen molar-refractivity contribution in [3.05, 3.63) is 60.2 Å². The molecule has 0 N–H and O–H groups in total. The first-order valence-electron chi connectivity index (χ1n) is 6.51. The molecule has 0 aromatic heterocycles. The molecule has 0 heterocycles. The summed E-state index contributed by atoms with van der Waals surface area (Å²) >= 11 is 1.65. The smallest absolute Gasteiger partial charge is 0.180 e. The van der Waals surface area contributed by atoms with Gasteiger partial charge in [0, 0.05) is 10.6 Å². The summed E-state index contributed by atoms with van der Waals surface area (Å²) in [7, 11) is -3.20. The highest BCUT2D eigenvalue weighted by Gasteiger charge is 2.19. The van der Waals surface area contributed by atoms with E-state index < -0.39 is 15.1 Å². The molecule has 0 amide bonds. The monoisotopic (exact) mass is 306 g/mol. The lowest BCUT2D eigenvalue weighted by Gasteiger charge is -2.09. The van der Waals surface area contributed by atoms with E-state index in [1.807, 2.05) is 30.3 Å². The Labute approximate surface area is 125 Å². The predicted molar refractivity (Wildman–Crippen MR) is 84.8 cm³/mol. The van der Waals surface area contributed by atoms with Gasteiger partial charge in [0.15, 0.2) is 9.84 Å². The van der Waals surface area contributed by atoms with Crippen LogP contribution in [0.25, 0.3) is 0 Å². The second-order valence-electron chi connectivity index (χ2n) is 4.84. The minimum atomic E-state index is -3.20. The standard InChI is InChI=1S/C16H18O2S2/c1-13(2)20(17,18)16-10-6-9-15(11-16)19-12-14-7-4-3-5-8-14/h3-11,13H,12H2,1-2H3. The lowest BCUT2D eigenvalue weighted by atomic mass is 10.2. The van der Waals surface area contributed by atoms with Gasteiger partial charge in [-0.2, -0.15) is 0 Å². The molecule has 0 bridgehead atoms. The average Bonchev–Trinajstić information content (AvgIpc) is 2.46. The van der Waals surface area contributed by atoms with E-state index in [1.54, 1.807) is 37.7 Å². The Morgan fingerprint density at radius 3 is 2.35 bits per heavy atom. The summed E-state index contributed by atoms with van der Waals surface area (Å²) < 4.78 is 24.3. The maximum Gasteiger partial charge on any atom is 0.180 e. The number of hydrogen-bond donors (Lipinski definition) is 0. The molecule has 0 saturated heterocycles. The highest BCUT2D eigenvalue weighted by molar-refractivity contribution is 7.98. The number of thioether (sulfide) groups is 1. The zero-order valence-electron chi connectivity index (χ0n) is 11.6. The van der Waals surface area contributed by atoms with E-state index in [0.717, 1.165) is 10.6 Å². The Balaban J connectivity index is 2.15. The van der Waals surface area contributed by atoms with Crippen LogP contribution in [-0.4, -0.2) is 13.7 Å². The van der Waals surface area contributed by atoms with Crippen LogP contribution in [0.2, 0.25) is 0 Å². The topological polar surface area (TPSA) is 34.1 Å². The predicted octanol–water partition coefficient (Wildman–Crippen LogP) is 4.16. The lowest BCUT2D eigenvalue weighted by molar-refractivity contribution is 0.587. The average molecular weight is 306 g/mol. The van der Waals surface area contributed by atoms with Crippen LogP contribution in [0.5, 0.6) is 0 Å². The third-order valence-corrected chi connectivity index (χ3v) is 6.22. The Kier molecular flexibility index (Phi) is 4.89. The molecular formula is C16H18O2S2. The number of hydrogen-bond acceptors (Lipinski definition) is 3. The molecule has 0 unspecified atom stereocenters. The molecule has 106 valence electrons. The first-order valence-corrected chi connectivity index (χ1v) is 9.04. The lowest BCUT2D eigenvalue weighted by Crippen LogP contribution is -2.13. The maximum atomic E-state index is 12.1. The molecule has 2 rings (SSSR count). The molecule has 20 heavy (non-hydrogen) atoms. The summed E-state index contributed by atoms with van der Waals surface area (Å²) in [5.41, 5.74) is 1.23. The highest BCUT2D eigenvalue weighted by Crippen LogP contribution is 2.26. The van der Waals surface area contributed by atoms with Crippen LogP contribution in [0.3, 0.4) is 0 Å². The van der Waals surface area contributed by atoms with Crippen LogP contribution < -0.4 is 0 Å². The fourth-order valence-corrected chi connectivity index (χ4v) is 3.84. The molecule has 2 aromatic rings. The van der Waals surface area contributed by atoms with E-state index in [0.29, 0.717) is 4.90 Å². The van der Waals surface area contributed by atoms with Crippen LogP contribution in [0.1, 0.15) is 19.4 Å². The van der Waals surface area contributed by atoms with Gasteiger partial charge in [0.25, 0.3) is 0 Å². The van der Waals surface area contributed by atoms with E-state index >= 15 is 0 Å². The zero-order chi connectivity index (χ0) is 14.6. The minimum absolute atomic E-state index is 0.392. The van der Waals surface area contributed by atoms with E-state index in [2.05, 4.69) is 12.1 Å². The molecule has 0 atom stereocenters. The Bertz CT molecular complexity index is 662. The third kappa shape index (κ3) is 3.64.